The van der Waals surface area contributed by atoms with E-state index in [2.05, 4.69) is 0 Å². The van der Waals surface area contributed by atoms with Crippen molar-refractivity contribution in [2.24, 2.45) is 0 Å². The molecule has 49 heavy (non-hydrogen) atoms. The summed E-state index contributed by atoms with van der Waals surface area (Å²) in [6, 6.07) is 39.4. The van der Waals surface area contributed by atoms with Gasteiger partial charge >= 0.3 is 0 Å². The molecule has 5 rings (SSSR count). The first-order chi connectivity index (χ1) is 21.9. The Morgan fingerprint density at radius 1 is 0.367 bits per heavy atom. The predicted octanol–water partition coefficient (Wildman–Crippen LogP) is 9.51. The molecule has 2 radical (unpaired) electrons. The second-order valence-corrected chi connectivity index (χ2v) is 8.11. The number of methoxy groups -OCH3 is 5. The van der Waals surface area contributed by atoms with Crippen LogP contribution in [0.1, 0.15) is 13.8 Å². The molecule has 0 bridgehead atoms. The van der Waals surface area contributed by atoms with Gasteiger partial charge in [0.2, 0.25) is 0 Å². The van der Waals surface area contributed by atoms with Gasteiger partial charge in [0.05, 0.1) is 35.5 Å². The van der Waals surface area contributed by atoms with Crippen LogP contribution in [0.15, 0.2) is 133 Å². The summed E-state index contributed by atoms with van der Waals surface area (Å²) in [5, 5.41) is 26.6. The Kier molecular flexibility index (Phi) is 42.2. The summed E-state index contributed by atoms with van der Waals surface area (Å²) in [6.07, 6.45) is 0. The molecule has 0 saturated carbocycles. The molecule has 0 aliphatic heterocycles. The minimum Gasteiger partial charge on any atom is -0.508 e. The zero-order chi connectivity index (χ0) is 33.7. The topological polar surface area (TPSA) is 107 Å². The summed E-state index contributed by atoms with van der Waals surface area (Å²) in [4.78, 5) is 0. The van der Waals surface area contributed by atoms with Crippen molar-refractivity contribution in [3.8, 4) is 46.0 Å². The Hall–Kier alpha value is -3.29. The fourth-order valence-electron chi connectivity index (χ4n) is 2.94. The third-order valence-electron chi connectivity index (χ3n) is 5.17. The first-order valence-corrected chi connectivity index (χ1v) is 14.0. The summed E-state index contributed by atoms with van der Waals surface area (Å²) in [7, 11) is 8.00. The van der Waals surface area contributed by atoms with Gasteiger partial charge in [0.25, 0.3) is 0 Å². The molecule has 0 aromatic heterocycles. The van der Waals surface area contributed by atoms with E-state index in [1.54, 1.807) is 101 Å². The number of phenols is 3. The van der Waals surface area contributed by atoms with Gasteiger partial charge in [0.1, 0.15) is 34.5 Å². The molecule has 0 unspecified atom stereocenters. The maximum absolute atomic E-state index is 8.99. The van der Waals surface area contributed by atoms with E-state index < -0.39 is 0 Å². The van der Waals surface area contributed by atoms with Gasteiger partial charge < -0.3 is 53.9 Å². The van der Waals surface area contributed by atoms with Gasteiger partial charge in [-0.2, -0.15) is 0 Å². The summed E-state index contributed by atoms with van der Waals surface area (Å²) >= 11 is 0. The van der Waals surface area contributed by atoms with Crippen LogP contribution < -0.4 is 23.7 Å². The van der Waals surface area contributed by atoms with Gasteiger partial charge in [-0.3, -0.25) is 0 Å². The van der Waals surface area contributed by atoms with Gasteiger partial charge in [-0.25, -0.2) is 0 Å². The van der Waals surface area contributed by atoms with Crippen molar-refractivity contribution < 1.29 is 104 Å². The van der Waals surface area contributed by atoms with Gasteiger partial charge in [0, 0.05) is 71.5 Å². The zero-order valence-electron chi connectivity index (χ0n) is 30.2. The summed E-state index contributed by atoms with van der Waals surface area (Å²) in [6.45, 7) is 4.00. The monoisotopic (exact) mass is 826 g/mol. The Balaban J connectivity index is -0.000000159. The van der Waals surface area contributed by atoms with Crippen molar-refractivity contribution in [3.63, 3.8) is 0 Å². The Bertz CT molecular complexity index is 1340. The molecule has 5 aromatic rings. The number of hydrogen-bond acceptors (Lipinski definition) is 8. The van der Waals surface area contributed by atoms with Crippen LogP contribution in [-0.4, -0.2) is 50.9 Å². The number of aromatic hydroxyl groups is 3. The Morgan fingerprint density at radius 3 is 1.04 bits per heavy atom. The van der Waals surface area contributed by atoms with Crippen molar-refractivity contribution in [2.45, 2.75) is 13.8 Å². The molecule has 0 spiro atoms. The SMILES string of the molecule is CC.COc1ccc(O)cc1.COc1cccc(O)c1.COc1ccccc1.COc1ccccc1.COc1ccccc1O.[CH3-].[CH3-].[Y].[Y]. The molecule has 0 fully saturated rings. The summed E-state index contributed by atoms with van der Waals surface area (Å²) < 4.78 is 24.3. The van der Waals surface area contributed by atoms with Crippen LogP contribution in [-0.2, 0) is 65.4 Å². The van der Waals surface area contributed by atoms with E-state index in [1.165, 1.54) is 7.11 Å². The number of para-hydroxylation sites is 4. The molecule has 0 atom stereocenters. The Labute approximate surface area is 345 Å². The molecule has 0 heterocycles. The molecule has 0 aliphatic carbocycles. The molecule has 8 nitrogen and oxygen atoms in total. The standard InChI is InChI=1S/3C7H8O2.2C7H8O.C2H6.2CH3.2Y/c1-9-7-4-2-6(8)3-5-7;1-9-7-4-2-3-6(8)5-7;1-9-7-5-3-2-4-6(7)8;2*1-8-7-5-3-2-4-6-7;1-2;;;;/h3*2-5,8H,1H3;2*2-6H,1H3;1-2H3;2*1H3;;/q;;;;;;2*-1;;. The van der Waals surface area contributed by atoms with E-state index in [4.69, 9.17) is 39.0 Å². The molecule has 10 heteroatoms. The average Bonchev–Trinajstić information content (AvgIpc) is 3.11. The maximum Gasteiger partial charge on any atom is 0.160 e. The van der Waals surface area contributed by atoms with Crippen molar-refractivity contribution in [1.82, 2.24) is 0 Å². The number of hydrogen-bond donors (Lipinski definition) is 3. The quantitative estimate of drug-likeness (QED) is 0.151. The van der Waals surface area contributed by atoms with E-state index >= 15 is 0 Å². The van der Waals surface area contributed by atoms with Crippen LogP contribution >= 0.6 is 0 Å². The minimum absolute atomic E-state index is 0. The van der Waals surface area contributed by atoms with E-state index in [0.717, 1.165) is 17.2 Å². The fraction of sp³-hybridized carbons (Fsp3) is 0.179. The molecule has 5 aromatic carbocycles. The maximum atomic E-state index is 8.99. The van der Waals surface area contributed by atoms with Crippen LogP contribution in [0.25, 0.3) is 0 Å². The van der Waals surface area contributed by atoms with Crippen molar-refractivity contribution >= 4 is 0 Å². The first-order valence-electron chi connectivity index (χ1n) is 14.0. The van der Waals surface area contributed by atoms with Gasteiger partial charge in [0.15, 0.2) is 11.5 Å². The fourth-order valence-corrected chi connectivity index (χ4v) is 2.94. The van der Waals surface area contributed by atoms with Gasteiger partial charge in [-0.05, 0) is 72.8 Å². The van der Waals surface area contributed by atoms with Crippen LogP contribution in [0.4, 0.5) is 0 Å². The van der Waals surface area contributed by atoms with E-state index in [9.17, 15) is 0 Å². The molecule has 0 amide bonds. The van der Waals surface area contributed by atoms with Crippen molar-refractivity contribution in [3.05, 3.63) is 148 Å². The van der Waals surface area contributed by atoms with Crippen LogP contribution in [0.3, 0.4) is 0 Å². The number of benzene rings is 5. The number of phenolic OH excluding ortho intramolecular Hbond substituents is 3. The molecule has 0 aliphatic rings. The van der Waals surface area contributed by atoms with Crippen molar-refractivity contribution in [1.29, 1.82) is 0 Å². The molecule has 3 N–H and O–H groups in total. The van der Waals surface area contributed by atoms with Gasteiger partial charge in [-0.15, -0.1) is 0 Å². The van der Waals surface area contributed by atoms with Crippen LogP contribution in [0, 0.1) is 14.9 Å². The normalized spacial score (nSPS) is 7.90. The van der Waals surface area contributed by atoms with E-state index in [1.807, 2.05) is 74.5 Å². The zero-order valence-corrected chi connectivity index (χ0v) is 35.9. The molecular weight excluding hydrogens is 774 g/mol. The molecule has 0 saturated heterocycles. The minimum atomic E-state index is 0. The number of rotatable bonds is 5. The van der Waals surface area contributed by atoms with E-state index in [-0.39, 0.29) is 97.5 Å². The second-order valence-electron chi connectivity index (χ2n) is 8.11. The summed E-state index contributed by atoms with van der Waals surface area (Å²) in [5.41, 5.74) is 0. The third-order valence-corrected chi connectivity index (χ3v) is 5.17. The molecule has 264 valence electrons. The average molecular weight is 827 g/mol. The van der Waals surface area contributed by atoms with Crippen LogP contribution in [0.2, 0.25) is 0 Å². The van der Waals surface area contributed by atoms with Crippen LogP contribution in [0.5, 0.6) is 46.0 Å². The summed E-state index contributed by atoms with van der Waals surface area (Å²) in [5.74, 6) is 4.44. The van der Waals surface area contributed by atoms with E-state index in [0.29, 0.717) is 11.5 Å². The predicted molar refractivity (Wildman–Crippen MR) is 194 cm³/mol. The third kappa shape index (κ3) is 28.3. The second kappa shape index (κ2) is 37.5. The Morgan fingerprint density at radius 2 is 0.735 bits per heavy atom. The smallest absolute Gasteiger partial charge is 0.160 e. The largest absolute Gasteiger partial charge is 0.508 e. The first kappa shape index (κ1) is 55.1. The number of ether oxygens (including phenoxy) is 5. The van der Waals surface area contributed by atoms with Gasteiger partial charge in [-0.1, -0.05) is 68.4 Å². The van der Waals surface area contributed by atoms with Crippen molar-refractivity contribution in [2.75, 3.05) is 35.5 Å². The molecular formula is C39H52O8Y2-2.